The van der Waals surface area contributed by atoms with E-state index in [1.807, 2.05) is 0 Å². The summed E-state index contributed by atoms with van der Waals surface area (Å²) in [5, 5.41) is 13.7. The monoisotopic (exact) mass is 625 g/mol. The molecule has 1 saturated carbocycles. The highest BCUT2D eigenvalue weighted by Gasteiger charge is 2.32. The summed E-state index contributed by atoms with van der Waals surface area (Å²) < 4.78 is 56.3. The highest BCUT2D eigenvalue weighted by atomic mass is 19.4. The molecule has 0 atom stereocenters. The molecule has 2 heterocycles. The molecule has 1 saturated heterocycles. The lowest BCUT2D eigenvalue weighted by Gasteiger charge is -2.34. The SMILES string of the molecule is CCN1CCN(Cc2cc(NC(=O)c3cc(C(=N)/C=C\c4ncc(NC(=O)C5CC5)[nH]4)c(C)cc3F)cc(C(F)(F)F)c2)CC1. The minimum absolute atomic E-state index is 0.0239. The van der Waals surface area contributed by atoms with E-state index in [1.54, 1.807) is 6.92 Å². The van der Waals surface area contributed by atoms with Crippen molar-refractivity contribution in [3.05, 3.63) is 82.1 Å². The molecule has 4 N–H and O–H groups in total. The Morgan fingerprint density at radius 2 is 1.76 bits per heavy atom. The molecule has 1 aliphatic heterocycles. The van der Waals surface area contributed by atoms with Crippen LogP contribution < -0.4 is 10.6 Å². The van der Waals surface area contributed by atoms with Crippen molar-refractivity contribution >= 4 is 35.1 Å². The molecule has 45 heavy (non-hydrogen) atoms. The standard InChI is InChI=1S/C32H35F4N7O2/c1-3-42-8-10-43(11-9-42)18-20-13-22(32(34,35)36)15-23(14-20)39-31(45)25-16-24(19(2)12-26(25)33)27(37)6-7-28-38-17-29(40-28)41-30(44)21-4-5-21/h6-7,12-17,21,37H,3-5,8-11,18H2,1-2H3,(H,38,40)(H,39,45)(H,41,44)/b7-6-,37-27?. The first-order chi connectivity index (χ1) is 21.4. The van der Waals surface area contributed by atoms with E-state index in [9.17, 15) is 27.2 Å². The third-order valence-corrected chi connectivity index (χ3v) is 7.95. The van der Waals surface area contributed by atoms with Gasteiger partial charge in [0.1, 0.15) is 17.5 Å². The topological polar surface area (TPSA) is 117 Å². The molecule has 5 rings (SSSR count). The summed E-state index contributed by atoms with van der Waals surface area (Å²) in [6, 6.07) is 5.69. The molecule has 0 bridgehead atoms. The number of piperazine rings is 1. The third-order valence-electron chi connectivity index (χ3n) is 7.95. The number of halogens is 4. The predicted molar refractivity (Wildman–Crippen MR) is 164 cm³/mol. The molecule has 3 aromatic rings. The van der Waals surface area contributed by atoms with Crippen LogP contribution in [0.5, 0.6) is 0 Å². The fourth-order valence-corrected chi connectivity index (χ4v) is 5.19. The summed E-state index contributed by atoms with van der Waals surface area (Å²) >= 11 is 0. The Labute approximate surface area is 258 Å². The average Bonchev–Trinajstić information content (AvgIpc) is 3.75. The lowest BCUT2D eigenvalue weighted by atomic mass is 9.99. The zero-order valence-electron chi connectivity index (χ0n) is 25.0. The van der Waals surface area contributed by atoms with Crippen molar-refractivity contribution in [1.82, 2.24) is 19.8 Å². The van der Waals surface area contributed by atoms with Gasteiger partial charge in [-0.2, -0.15) is 13.2 Å². The Balaban J connectivity index is 1.31. The second-order valence-electron chi connectivity index (χ2n) is 11.4. The van der Waals surface area contributed by atoms with Crippen molar-refractivity contribution in [2.75, 3.05) is 43.4 Å². The number of imidazole rings is 1. The lowest BCUT2D eigenvalue weighted by Crippen LogP contribution is -2.45. The third kappa shape index (κ3) is 8.22. The molecular weight excluding hydrogens is 590 g/mol. The first-order valence-electron chi connectivity index (χ1n) is 14.8. The number of carbonyl (C=O) groups excluding carboxylic acids is 2. The van der Waals surface area contributed by atoms with E-state index in [1.165, 1.54) is 30.5 Å². The van der Waals surface area contributed by atoms with Crippen molar-refractivity contribution in [2.24, 2.45) is 5.92 Å². The quantitative estimate of drug-likeness (QED) is 0.171. The van der Waals surface area contributed by atoms with Crippen LogP contribution in [-0.2, 0) is 17.5 Å². The van der Waals surface area contributed by atoms with Gasteiger partial charge in [-0.25, -0.2) is 9.37 Å². The largest absolute Gasteiger partial charge is 0.416 e. The minimum atomic E-state index is -4.64. The summed E-state index contributed by atoms with van der Waals surface area (Å²) in [6.07, 6.45) is 1.45. The molecule has 1 aromatic heterocycles. The van der Waals surface area contributed by atoms with Gasteiger partial charge in [0.2, 0.25) is 5.91 Å². The van der Waals surface area contributed by atoms with E-state index in [0.29, 0.717) is 35.9 Å². The molecule has 0 spiro atoms. The van der Waals surface area contributed by atoms with E-state index in [-0.39, 0.29) is 35.3 Å². The number of aromatic nitrogens is 2. The smallest absolute Gasteiger partial charge is 0.325 e. The number of nitrogens with zero attached hydrogens (tertiary/aromatic N) is 3. The number of carbonyl (C=O) groups is 2. The molecule has 2 fully saturated rings. The van der Waals surface area contributed by atoms with Crippen LogP contribution in [-0.4, -0.2) is 70.0 Å². The fourth-order valence-electron chi connectivity index (χ4n) is 5.19. The highest BCUT2D eigenvalue weighted by Crippen LogP contribution is 2.33. The molecule has 2 aliphatic rings. The van der Waals surface area contributed by atoms with Crippen LogP contribution in [0.15, 0.2) is 42.6 Å². The first-order valence-corrected chi connectivity index (χ1v) is 14.8. The Hall–Kier alpha value is -4.36. The number of anilines is 2. The molecular formula is C32H35F4N7O2. The van der Waals surface area contributed by atoms with E-state index < -0.39 is 29.0 Å². The highest BCUT2D eigenvalue weighted by molar-refractivity contribution is 6.12. The Bertz CT molecular complexity index is 1620. The molecule has 2 aromatic carbocycles. The van der Waals surface area contributed by atoms with Gasteiger partial charge in [0.05, 0.1) is 23.0 Å². The van der Waals surface area contributed by atoms with Gasteiger partial charge < -0.3 is 25.9 Å². The van der Waals surface area contributed by atoms with Gasteiger partial charge in [-0.3, -0.25) is 14.5 Å². The molecule has 2 amide bonds. The maximum Gasteiger partial charge on any atom is 0.416 e. The van der Waals surface area contributed by atoms with E-state index in [4.69, 9.17) is 5.41 Å². The number of aryl methyl sites for hydroxylation is 1. The van der Waals surface area contributed by atoms with Gasteiger partial charge in [0, 0.05) is 49.9 Å². The van der Waals surface area contributed by atoms with Gasteiger partial charge in [-0.1, -0.05) is 6.92 Å². The van der Waals surface area contributed by atoms with E-state index >= 15 is 0 Å². The van der Waals surface area contributed by atoms with Gasteiger partial charge >= 0.3 is 6.18 Å². The fraction of sp³-hybridized carbons (Fsp3) is 0.375. The van der Waals surface area contributed by atoms with Crippen LogP contribution in [0.3, 0.4) is 0 Å². The Morgan fingerprint density at radius 1 is 1.04 bits per heavy atom. The van der Waals surface area contributed by atoms with Crippen molar-refractivity contribution in [3.63, 3.8) is 0 Å². The second kappa shape index (κ2) is 13.3. The number of nitrogens with one attached hydrogen (secondary N) is 4. The number of amides is 2. The summed E-state index contributed by atoms with van der Waals surface area (Å²) in [6.45, 7) is 7.89. The zero-order chi connectivity index (χ0) is 32.3. The van der Waals surface area contributed by atoms with Crippen LogP contribution >= 0.6 is 0 Å². The van der Waals surface area contributed by atoms with Crippen molar-refractivity contribution in [2.45, 2.75) is 39.4 Å². The summed E-state index contributed by atoms with van der Waals surface area (Å²) in [7, 11) is 0. The number of rotatable bonds is 10. The van der Waals surface area contributed by atoms with Crippen LogP contribution in [0.25, 0.3) is 6.08 Å². The molecule has 1 aliphatic carbocycles. The van der Waals surface area contributed by atoms with E-state index in [0.717, 1.165) is 50.7 Å². The number of hydrogen-bond acceptors (Lipinski definition) is 6. The summed E-state index contributed by atoms with van der Waals surface area (Å²) in [5.41, 5.74) is -0.445. The number of hydrogen-bond donors (Lipinski definition) is 4. The molecule has 13 heteroatoms. The van der Waals surface area contributed by atoms with Crippen LogP contribution in [0.2, 0.25) is 0 Å². The number of H-pyrrole nitrogens is 1. The summed E-state index contributed by atoms with van der Waals surface area (Å²) in [5.74, 6) is -1.07. The average molecular weight is 626 g/mol. The Morgan fingerprint density at radius 3 is 2.42 bits per heavy atom. The summed E-state index contributed by atoms with van der Waals surface area (Å²) in [4.78, 5) is 36.5. The second-order valence-corrected chi connectivity index (χ2v) is 11.4. The number of aromatic amines is 1. The Kier molecular flexibility index (Phi) is 9.49. The molecule has 238 valence electrons. The zero-order valence-corrected chi connectivity index (χ0v) is 25.0. The van der Waals surface area contributed by atoms with Gasteiger partial charge in [-0.05, 0) is 79.9 Å². The van der Waals surface area contributed by atoms with Gasteiger partial charge in [0.15, 0.2) is 0 Å². The van der Waals surface area contributed by atoms with Gasteiger partial charge in [-0.15, -0.1) is 0 Å². The maximum atomic E-state index is 15.0. The van der Waals surface area contributed by atoms with Crippen molar-refractivity contribution in [3.8, 4) is 0 Å². The van der Waals surface area contributed by atoms with Crippen LogP contribution in [0, 0.1) is 24.1 Å². The van der Waals surface area contributed by atoms with Crippen LogP contribution in [0.1, 0.15) is 58.2 Å². The molecule has 0 radical (unpaired) electrons. The number of allylic oxidation sites excluding steroid dienone is 1. The van der Waals surface area contributed by atoms with Crippen LogP contribution in [0.4, 0.5) is 29.1 Å². The number of likely N-dealkylation sites (N-methyl/N-ethyl adjacent to an activating group) is 1. The number of alkyl halides is 3. The lowest BCUT2D eigenvalue weighted by molar-refractivity contribution is -0.137. The van der Waals surface area contributed by atoms with Gasteiger partial charge in [0.25, 0.3) is 5.91 Å². The molecule has 0 unspecified atom stereocenters. The number of benzene rings is 2. The minimum Gasteiger partial charge on any atom is -0.325 e. The van der Waals surface area contributed by atoms with Crippen molar-refractivity contribution in [1.29, 1.82) is 5.41 Å². The normalized spacial score (nSPS) is 16.2. The first kappa shape index (κ1) is 32.0. The van der Waals surface area contributed by atoms with E-state index in [2.05, 4.69) is 37.3 Å². The maximum absolute atomic E-state index is 15.0. The molecule has 9 nitrogen and oxygen atoms in total. The predicted octanol–water partition coefficient (Wildman–Crippen LogP) is 5.70. The van der Waals surface area contributed by atoms with Crippen molar-refractivity contribution < 1.29 is 27.2 Å².